The van der Waals surface area contributed by atoms with Gasteiger partial charge >= 0.3 is 18.0 Å². The average molecular weight is 852 g/mol. The van der Waals surface area contributed by atoms with Gasteiger partial charge < -0.3 is 35.5 Å². The van der Waals surface area contributed by atoms with Crippen LogP contribution in [0.15, 0.2) is 78.2 Å². The second-order valence-corrected chi connectivity index (χ2v) is 18.5. The summed E-state index contributed by atoms with van der Waals surface area (Å²) in [5.74, 6) is -4.61. The fourth-order valence-corrected chi connectivity index (χ4v) is 6.08. The van der Waals surface area contributed by atoms with Crippen LogP contribution in [0.25, 0.3) is 10.9 Å². The predicted octanol–water partition coefficient (Wildman–Crippen LogP) is 4.20. The number of esters is 2. The fourth-order valence-electron chi connectivity index (χ4n) is 5.61. The highest BCUT2D eigenvalue weighted by molar-refractivity contribution is 7.93. The number of aromatic nitrogens is 1. The molecular weight excluding hydrogens is 795 g/mol. The molecule has 0 aliphatic heterocycles. The van der Waals surface area contributed by atoms with Gasteiger partial charge in [-0.2, -0.15) is 0 Å². The number of hydrogen-bond acceptors (Lipinski definition) is 12. The maximum Gasteiger partial charge on any atom is 0.408 e. The van der Waals surface area contributed by atoms with Crippen LogP contribution >= 0.6 is 0 Å². The Balaban J connectivity index is 1.94. The van der Waals surface area contributed by atoms with Crippen LogP contribution in [0, 0.1) is 5.92 Å². The average Bonchev–Trinajstić information content (AvgIpc) is 3.12. The summed E-state index contributed by atoms with van der Waals surface area (Å²) < 4.78 is 40.0. The van der Waals surface area contributed by atoms with Gasteiger partial charge in [-0.25, -0.2) is 13.2 Å². The smallest absolute Gasteiger partial charge is 0.408 e. The van der Waals surface area contributed by atoms with Crippen molar-refractivity contribution in [3.8, 4) is 0 Å². The molecule has 0 radical (unpaired) electrons. The summed E-state index contributed by atoms with van der Waals surface area (Å²) in [6.45, 7) is 13.1. The Morgan fingerprint density at radius 1 is 0.700 bits per heavy atom. The molecule has 1 heterocycles. The topological polar surface area (TPSA) is 225 Å². The van der Waals surface area contributed by atoms with Gasteiger partial charge in [-0.3, -0.25) is 29.0 Å². The van der Waals surface area contributed by atoms with Gasteiger partial charge in [0, 0.05) is 29.2 Å². The molecule has 0 saturated carbocycles. The molecule has 0 spiro atoms. The van der Waals surface area contributed by atoms with Crippen LogP contribution in [0.3, 0.4) is 0 Å². The number of alkyl carbamates (subject to hydrolysis) is 1. The lowest BCUT2D eigenvalue weighted by Crippen LogP contribution is -2.59. The van der Waals surface area contributed by atoms with Crippen molar-refractivity contribution in [3.05, 3.63) is 89.5 Å². The number of sulfone groups is 1. The molecule has 1 aromatic heterocycles. The van der Waals surface area contributed by atoms with E-state index >= 15 is 0 Å². The number of rotatable bonds is 18. The lowest BCUT2D eigenvalue weighted by molar-refractivity contribution is -0.157. The third-order valence-corrected chi connectivity index (χ3v) is 8.91. The van der Waals surface area contributed by atoms with Crippen molar-refractivity contribution in [1.82, 2.24) is 26.3 Å². The highest BCUT2D eigenvalue weighted by Gasteiger charge is 2.34. The van der Waals surface area contributed by atoms with Crippen LogP contribution in [0.5, 0.6) is 0 Å². The van der Waals surface area contributed by atoms with Gasteiger partial charge in [0.1, 0.15) is 35.9 Å². The van der Waals surface area contributed by atoms with E-state index in [-0.39, 0.29) is 13.0 Å². The Morgan fingerprint density at radius 2 is 1.28 bits per heavy atom. The molecule has 1 unspecified atom stereocenters. The minimum Gasteiger partial charge on any atom is -0.460 e. The predicted molar refractivity (Wildman–Crippen MR) is 225 cm³/mol. The van der Waals surface area contributed by atoms with E-state index in [0.29, 0.717) is 16.8 Å². The van der Waals surface area contributed by atoms with E-state index in [0.717, 1.165) is 23.1 Å². The lowest BCUT2D eigenvalue weighted by atomic mass is 10.0. The first-order valence-electron chi connectivity index (χ1n) is 19.4. The third-order valence-electron chi connectivity index (χ3n) is 8.25. The number of nitrogens with one attached hydrogen (secondary N) is 4. The van der Waals surface area contributed by atoms with Crippen molar-refractivity contribution in [3.63, 3.8) is 0 Å². The number of pyridine rings is 1. The van der Waals surface area contributed by atoms with Gasteiger partial charge in [-0.15, -0.1) is 0 Å². The minimum absolute atomic E-state index is 0.132. The Morgan fingerprint density at radius 3 is 1.88 bits per heavy atom. The van der Waals surface area contributed by atoms with Gasteiger partial charge in [0.2, 0.25) is 17.7 Å². The minimum atomic E-state index is -3.66. The van der Waals surface area contributed by atoms with E-state index in [1.807, 2.05) is 12.1 Å². The van der Waals surface area contributed by atoms with E-state index in [9.17, 15) is 37.2 Å². The Kier molecular flexibility index (Phi) is 17.3. The molecule has 0 aliphatic rings. The summed E-state index contributed by atoms with van der Waals surface area (Å²) in [6.07, 6.45) is -0.142. The standard InChI is InChI=1S/C43H57N5O11S/c1-27(2)37(40(53)45-31(21-22-60(9,55)56)24-35(49)58-42(3,4)5)48-39(52)33(23-30-20-19-29-17-13-14-18-32(29)44-30)46-38(51)34(25-36(50)59-43(6,7)8)47-41(54)57-26-28-15-11-10-12-16-28/h10-22,27,31,33-34,37H,23-26H2,1-9H3,(H,45,53)(H,46,51)(H,47,54)(H,48,52)/b22-21+/t31-,33?,34+,37+/m1/s1. The van der Waals surface area contributed by atoms with E-state index in [1.54, 1.807) is 110 Å². The van der Waals surface area contributed by atoms with Gasteiger partial charge in [-0.05, 0) is 65.2 Å². The molecule has 0 aliphatic carbocycles. The van der Waals surface area contributed by atoms with Crippen LogP contribution in [0.1, 0.15) is 79.5 Å². The van der Waals surface area contributed by atoms with Crippen molar-refractivity contribution < 1.29 is 51.4 Å². The Labute approximate surface area is 351 Å². The van der Waals surface area contributed by atoms with E-state index in [1.165, 1.54) is 0 Å². The van der Waals surface area contributed by atoms with E-state index < -0.39 is 99.7 Å². The molecule has 17 heteroatoms. The lowest BCUT2D eigenvalue weighted by Gasteiger charge is -2.28. The first-order chi connectivity index (χ1) is 27.9. The zero-order valence-corrected chi connectivity index (χ0v) is 36.4. The van der Waals surface area contributed by atoms with Crippen molar-refractivity contribution in [2.45, 2.75) is 117 Å². The quantitative estimate of drug-likeness (QED) is 0.104. The number of nitrogens with zero attached hydrogens (tertiary/aromatic N) is 1. The molecule has 4 N–H and O–H groups in total. The molecule has 4 atom stereocenters. The summed E-state index contributed by atoms with van der Waals surface area (Å²) in [7, 11) is -3.66. The van der Waals surface area contributed by atoms with Crippen LogP contribution in [-0.4, -0.2) is 90.8 Å². The first kappa shape index (κ1) is 48.5. The molecule has 4 amide bonds. The summed E-state index contributed by atoms with van der Waals surface area (Å²) in [5, 5.41) is 12.0. The van der Waals surface area contributed by atoms with Gasteiger partial charge in [0.15, 0.2) is 9.84 Å². The molecule has 3 rings (SSSR count). The van der Waals surface area contributed by atoms with Crippen molar-refractivity contribution >= 4 is 56.5 Å². The van der Waals surface area contributed by atoms with Crippen LogP contribution in [0.2, 0.25) is 0 Å². The number of fused-ring (bicyclic) bond motifs is 1. The second-order valence-electron chi connectivity index (χ2n) is 16.6. The Bertz CT molecular complexity index is 2130. The Hall–Kier alpha value is -5.84. The summed E-state index contributed by atoms with van der Waals surface area (Å²) >= 11 is 0. The summed E-state index contributed by atoms with van der Waals surface area (Å²) in [6, 6.07) is 14.1. The monoisotopic (exact) mass is 851 g/mol. The number of carbonyl (C=O) groups is 6. The number of benzene rings is 2. The molecule has 0 fully saturated rings. The fraction of sp³-hybridized carbons (Fsp3) is 0.465. The highest BCUT2D eigenvalue weighted by atomic mass is 32.2. The van der Waals surface area contributed by atoms with Crippen molar-refractivity contribution in [2.24, 2.45) is 5.92 Å². The summed E-state index contributed by atoms with van der Waals surface area (Å²) in [5.41, 5.74) is -0.101. The maximum atomic E-state index is 14.3. The molecule has 2 aromatic carbocycles. The highest BCUT2D eigenvalue weighted by Crippen LogP contribution is 2.16. The van der Waals surface area contributed by atoms with Crippen molar-refractivity contribution in [2.75, 3.05) is 6.26 Å². The van der Waals surface area contributed by atoms with Crippen LogP contribution in [0.4, 0.5) is 4.79 Å². The second kappa shape index (κ2) is 21.4. The van der Waals surface area contributed by atoms with Gasteiger partial charge in [0.05, 0.1) is 24.4 Å². The third kappa shape index (κ3) is 18.0. The number of hydrogen-bond donors (Lipinski definition) is 4. The SMILES string of the molecule is CC(C)[C@H](NC(=O)C(Cc1ccc2ccccc2n1)NC(=O)[C@H](CC(=O)OC(C)(C)C)NC(=O)OCc1ccccc1)C(=O)N[C@H](/C=C/S(C)(=O)=O)CC(=O)OC(C)(C)C. The van der Waals surface area contributed by atoms with E-state index in [4.69, 9.17) is 14.2 Å². The number of carbonyl (C=O) groups excluding carboxylic acids is 6. The molecule has 16 nitrogen and oxygen atoms in total. The number of para-hydroxylation sites is 1. The normalized spacial score (nSPS) is 14.0. The molecule has 3 aromatic rings. The van der Waals surface area contributed by atoms with Crippen molar-refractivity contribution in [1.29, 1.82) is 0 Å². The first-order valence-corrected chi connectivity index (χ1v) is 21.4. The van der Waals surface area contributed by atoms with Gasteiger partial charge in [0.25, 0.3) is 0 Å². The zero-order valence-electron chi connectivity index (χ0n) is 35.6. The van der Waals surface area contributed by atoms with Crippen LogP contribution < -0.4 is 21.3 Å². The molecule has 326 valence electrons. The number of amides is 4. The zero-order chi connectivity index (χ0) is 44.8. The molecular formula is C43H57N5O11S. The largest absolute Gasteiger partial charge is 0.460 e. The van der Waals surface area contributed by atoms with E-state index in [2.05, 4.69) is 26.3 Å². The van der Waals surface area contributed by atoms with Gasteiger partial charge in [-0.1, -0.05) is 74.5 Å². The maximum absolute atomic E-state index is 14.3. The summed E-state index contributed by atoms with van der Waals surface area (Å²) in [4.78, 5) is 85.5. The molecule has 60 heavy (non-hydrogen) atoms. The molecule has 0 saturated heterocycles. The molecule has 0 bridgehead atoms. The van der Waals surface area contributed by atoms with Crippen LogP contribution in [-0.2, 0) is 61.0 Å². The number of ether oxygens (including phenoxy) is 3.